The highest BCUT2D eigenvalue weighted by molar-refractivity contribution is 7.91. The van der Waals surface area contributed by atoms with Crippen LogP contribution in [0.15, 0.2) is 42.5 Å². The van der Waals surface area contributed by atoms with Crippen molar-refractivity contribution < 1.29 is 22.7 Å². The Balaban J connectivity index is 1.62. The zero-order chi connectivity index (χ0) is 21.0. The van der Waals surface area contributed by atoms with Crippen molar-refractivity contribution in [2.75, 3.05) is 23.4 Å². The summed E-state index contributed by atoms with van der Waals surface area (Å²) in [5, 5.41) is 5.85. The van der Waals surface area contributed by atoms with Crippen molar-refractivity contribution in [3.8, 4) is 0 Å². The number of para-hydroxylation sites is 1. The number of sulfone groups is 1. The van der Waals surface area contributed by atoms with Crippen LogP contribution in [-0.2, 0) is 19.4 Å². The highest BCUT2D eigenvalue weighted by Gasteiger charge is 2.29. The van der Waals surface area contributed by atoms with E-state index in [1.54, 1.807) is 24.3 Å². The van der Waals surface area contributed by atoms with Gasteiger partial charge in [0.25, 0.3) is 5.91 Å². The molecular formula is C21H24N2O5S. The molecule has 0 saturated carbocycles. The number of hydrogen-bond acceptors (Lipinski definition) is 6. The lowest BCUT2D eigenvalue weighted by Crippen LogP contribution is -2.38. The summed E-state index contributed by atoms with van der Waals surface area (Å²) in [6.45, 7) is 3.54. The molecule has 1 aliphatic rings. The maximum atomic E-state index is 12.5. The van der Waals surface area contributed by atoms with E-state index in [1.165, 1.54) is 0 Å². The van der Waals surface area contributed by atoms with Gasteiger partial charge < -0.3 is 15.4 Å². The molecule has 29 heavy (non-hydrogen) atoms. The van der Waals surface area contributed by atoms with Crippen molar-refractivity contribution in [1.82, 2.24) is 5.32 Å². The first kappa shape index (κ1) is 20.9. The van der Waals surface area contributed by atoms with Crippen LogP contribution in [0.4, 0.5) is 11.4 Å². The predicted molar refractivity (Wildman–Crippen MR) is 111 cm³/mol. The molecule has 2 aromatic carbocycles. The Hall–Kier alpha value is -2.87. The summed E-state index contributed by atoms with van der Waals surface area (Å²) in [7, 11) is -3.09. The summed E-state index contributed by atoms with van der Waals surface area (Å²) in [5.41, 5.74) is 3.96. The maximum absolute atomic E-state index is 12.5. The average molecular weight is 416 g/mol. The van der Waals surface area contributed by atoms with Crippen molar-refractivity contribution in [2.45, 2.75) is 26.3 Å². The molecule has 1 atom stereocenters. The SMILES string of the molecule is Cc1cccc(Nc2ccccc2C(=O)OCC(=O)N[C@H]2CCS(=O)(=O)C2)c1C. The van der Waals surface area contributed by atoms with Crippen molar-refractivity contribution in [1.29, 1.82) is 0 Å². The summed E-state index contributed by atoms with van der Waals surface area (Å²) in [6, 6.07) is 12.3. The number of aryl methyl sites for hydroxylation is 1. The van der Waals surface area contributed by atoms with Crippen LogP contribution in [0.1, 0.15) is 27.9 Å². The van der Waals surface area contributed by atoms with Crippen LogP contribution in [0.5, 0.6) is 0 Å². The second-order valence-electron chi connectivity index (χ2n) is 7.16. The molecule has 3 rings (SSSR count). The van der Waals surface area contributed by atoms with E-state index >= 15 is 0 Å². The van der Waals surface area contributed by atoms with Crippen molar-refractivity contribution in [3.05, 3.63) is 59.2 Å². The van der Waals surface area contributed by atoms with E-state index in [9.17, 15) is 18.0 Å². The number of amides is 1. The molecule has 2 N–H and O–H groups in total. The Bertz CT molecular complexity index is 1030. The van der Waals surface area contributed by atoms with Gasteiger partial charge in [0.05, 0.1) is 22.8 Å². The summed E-state index contributed by atoms with van der Waals surface area (Å²) in [5.74, 6) is -1.15. The third-order valence-corrected chi connectivity index (χ3v) is 6.72. The molecule has 0 unspecified atom stereocenters. The molecule has 1 saturated heterocycles. The lowest BCUT2D eigenvalue weighted by Gasteiger charge is -2.15. The Kier molecular flexibility index (Phi) is 6.22. The van der Waals surface area contributed by atoms with E-state index < -0.39 is 34.4 Å². The molecule has 0 aliphatic carbocycles. The number of rotatable bonds is 6. The largest absolute Gasteiger partial charge is 0.452 e. The van der Waals surface area contributed by atoms with E-state index in [4.69, 9.17) is 4.74 Å². The zero-order valence-corrected chi connectivity index (χ0v) is 17.2. The van der Waals surface area contributed by atoms with Crippen LogP contribution >= 0.6 is 0 Å². The second kappa shape index (κ2) is 8.65. The lowest BCUT2D eigenvalue weighted by molar-refractivity contribution is -0.124. The van der Waals surface area contributed by atoms with Gasteiger partial charge in [-0.3, -0.25) is 4.79 Å². The summed E-state index contributed by atoms with van der Waals surface area (Å²) < 4.78 is 28.1. The third-order valence-electron chi connectivity index (χ3n) is 4.95. The molecule has 154 valence electrons. The molecule has 0 bridgehead atoms. The van der Waals surface area contributed by atoms with Gasteiger partial charge in [0, 0.05) is 11.7 Å². The van der Waals surface area contributed by atoms with Crippen LogP contribution in [-0.4, -0.2) is 44.4 Å². The molecule has 1 heterocycles. The second-order valence-corrected chi connectivity index (χ2v) is 9.39. The Morgan fingerprint density at radius 3 is 2.52 bits per heavy atom. The minimum atomic E-state index is -3.09. The van der Waals surface area contributed by atoms with E-state index in [0.717, 1.165) is 16.8 Å². The summed E-state index contributed by atoms with van der Waals surface area (Å²) in [6.07, 6.45) is 0.380. The third kappa shape index (κ3) is 5.35. The highest BCUT2D eigenvalue weighted by atomic mass is 32.2. The van der Waals surface area contributed by atoms with Gasteiger partial charge in [-0.15, -0.1) is 0 Å². The molecular weight excluding hydrogens is 392 g/mol. The van der Waals surface area contributed by atoms with Crippen LogP contribution in [0.3, 0.4) is 0 Å². The molecule has 2 aromatic rings. The van der Waals surface area contributed by atoms with Crippen molar-refractivity contribution in [2.24, 2.45) is 0 Å². The van der Waals surface area contributed by atoms with Crippen molar-refractivity contribution in [3.63, 3.8) is 0 Å². The number of carbonyl (C=O) groups is 2. The summed E-state index contributed by atoms with van der Waals surface area (Å²) >= 11 is 0. The molecule has 8 heteroatoms. The first-order chi connectivity index (χ1) is 13.7. The molecule has 0 spiro atoms. The smallest absolute Gasteiger partial charge is 0.340 e. The molecule has 1 fully saturated rings. The number of ether oxygens (including phenoxy) is 1. The van der Waals surface area contributed by atoms with Crippen LogP contribution in [0.25, 0.3) is 0 Å². The van der Waals surface area contributed by atoms with E-state index in [2.05, 4.69) is 10.6 Å². The van der Waals surface area contributed by atoms with Gasteiger partial charge in [-0.25, -0.2) is 13.2 Å². The van der Waals surface area contributed by atoms with Crippen LogP contribution < -0.4 is 10.6 Å². The number of carbonyl (C=O) groups excluding carboxylic acids is 2. The fraction of sp³-hybridized carbons (Fsp3) is 0.333. The van der Waals surface area contributed by atoms with Gasteiger partial charge in [-0.1, -0.05) is 24.3 Å². The number of esters is 1. The lowest BCUT2D eigenvalue weighted by atomic mass is 10.1. The van der Waals surface area contributed by atoms with Gasteiger partial charge in [-0.05, 0) is 49.6 Å². The number of hydrogen-bond donors (Lipinski definition) is 2. The zero-order valence-electron chi connectivity index (χ0n) is 16.4. The fourth-order valence-corrected chi connectivity index (χ4v) is 4.86. The van der Waals surface area contributed by atoms with Gasteiger partial charge in [0.2, 0.25) is 0 Å². The summed E-state index contributed by atoms with van der Waals surface area (Å²) in [4.78, 5) is 24.5. The normalized spacial score (nSPS) is 17.5. The fourth-order valence-electron chi connectivity index (χ4n) is 3.19. The van der Waals surface area contributed by atoms with Gasteiger partial charge >= 0.3 is 5.97 Å². The maximum Gasteiger partial charge on any atom is 0.340 e. The standard InChI is InChI=1S/C21H24N2O5S/c1-14-6-5-9-18(15(14)2)23-19-8-4-3-7-17(19)21(25)28-12-20(24)22-16-10-11-29(26,27)13-16/h3-9,16,23H,10-13H2,1-2H3,(H,22,24)/t16-/m0/s1. The van der Waals surface area contributed by atoms with E-state index in [-0.39, 0.29) is 11.5 Å². The number of anilines is 2. The first-order valence-electron chi connectivity index (χ1n) is 9.34. The van der Waals surface area contributed by atoms with Crippen LogP contribution in [0.2, 0.25) is 0 Å². The molecule has 0 radical (unpaired) electrons. The molecule has 7 nitrogen and oxygen atoms in total. The predicted octanol–water partition coefficient (Wildman–Crippen LogP) is 2.51. The monoisotopic (exact) mass is 416 g/mol. The van der Waals surface area contributed by atoms with E-state index in [0.29, 0.717) is 17.7 Å². The number of benzene rings is 2. The van der Waals surface area contributed by atoms with E-state index in [1.807, 2.05) is 32.0 Å². The molecule has 1 aliphatic heterocycles. The topological polar surface area (TPSA) is 102 Å². The quantitative estimate of drug-likeness (QED) is 0.702. The minimum Gasteiger partial charge on any atom is -0.452 e. The van der Waals surface area contributed by atoms with Gasteiger partial charge in [0.15, 0.2) is 16.4 Å². The van der Waals surface area contributed by atoms with Gasteiger partial charge in [-0.2, -0.15) is 0 Å². The number of nitrogens with one attached hydrogen (secondary N) is 2. The molecule has 0 aromatic heterocycles. The van der Waals surface area contributed by atoms with Gasteiger partial charge in [0.1, 0.15) is 0 Å². The Morgan fingerprint density at radius 2 is 1.79 bits per heavy atom. The molecule has 1 amide bonds. The van der Waals surface area contributed by atoms with Crippen LogP contribution in [0, 0.1) is 13.8 Å². The average Bonchev–Trinajstić information content (AvgIpc) is 3.02. The Morgan fingerprint density at radius 1 is 1.07 bits per heavy atom. The first-order valence-corrected chi connectivity index (χ1v) is 11.2. The minimum absolute atomic E-state index is 0.0646. The Labute approximate surface area is 170 Å². The highest BCUT2D eigenvalue weighted by Crippen LogP contribution is 2.25. The van der Waals surface area contributed by atoms with Crippen molar-refractivity contribution >= 4 is 33.1 Å².